The number of carbonyl (C=O) groups is 2. The van der Waals surface area contributed by atoms with Crippen molar-refractivity contribution in [1.29, 1.82) is 0 Å². The van der Waals surface area contributed by atoms with Crippen LogP contribution in [0.1, 0.15) is 12.5 Å². The number of methoxy groups -OCH3 is 2. The molecule has 9 heteroatoms. The lowest BCUT2D eigenvalue weighted by molar-refractivity contribution is -0.114. The van der Waals surface area contributed by atoms with Gasteiger partial charge in [-0.2, -0.15) is 0 Å². The standard InChI is InChI=1S/C20H18N2O5S2/c1-11(23)21-13-4-6-14(7-5-13)22-19(25)17(29-20(22)28)10-12-8-15(26-2)18(24)16(9-12)27-3/h4-10,24H,1-3H3,(H,21,23)/b17-10-. The second-order valence-electron chi connectivity index (χ2n) is 6.02. The topological polar surface area (TPSA) is 88.1 Å². The third-order valence-electron chi connectivity index (χ3n) is 4.04. The van der Waals surface area contributed by atoms with Crippen molar-refractivity contribution in [1.82, 2.24) is 0 Å². The van der Waals surface area contributed by atoms with Crippen molar-refractivity contribution in [2.24, 2.45) is 0 Å². The number of nitrogens with zero attached hydrogens (tertiary/aromatic N) is 1. The number of hydrogen-bond acceptors (Lipinski definition) is 7. The monoisotopic (exact) mass is 430 g/mol. The summed E-state index contributed by atoms with van der Waals surface area (Å²) >= 11 is 6.55. The van der Waals surface area contributed by atoms with Crippen molar-refractivity contribution in [3.05, 3.63) is 46.9 Å². The second kappa shape index (κ2) is 8.54. The van der Waals surface area contributed by atoms with Crippen LogP contribution in [0.25, 0.3) is 6.08 Å². The Morgan fingerprint density at radius 2 is 1.76 bits per heavy atom. The van der Waals surface area contributed by atoms with Gasteiger partial charge in [0.1, 0.15) is 0 Å². The van der Waals surface area contributed by atoms with Crippen LogP contribution in [-0.2, 0) is 9.59 Å². The van der Waals surface area contributed by atoms with E-state index in [0.29, 0.717) is 26.2 Å². The van der Waals surface area contributed by atoms with Gasteiger partial charge in [-0.15, -0.1) is 0 Å². The molecular weight excluding hydrogens is 412 g/mol. The number of phenols is 1. The highest BCUT2D eigenvalue weighted by molar-refractivity contribution is 8.27. The van der Waals surface area contributed by atoms with E-state index in [9.17, 15) is 14.7 Å². The van der Waals surface area contributed by atoms with Crippen LogP contribution in [0, 0.1) is 0 Å². The first-order valence-corrected chi connectivity index (χ1v) is 9.67. The minimum absolute atomic E-state index is 0.112. The lowest BCUT2D eigenvalue weighted by atomic mass is 10.1. The van der Waals surface area contributed by atoms with Gasteiger partial charge in [-0.1, -0.05) is 24.0 Å². The number of ether oxygens (including phenoxy) is 2. The van der Waals surface area contributed by atoms with Gasteiger partial charge in [0.25, 0.3) is 5.91 Å². The molecule has 1 aliphatic heterocycles. The molecule has 0 bridgehead atoms. The highest BCUT2D eigenvalue weighted by Gasteiger charge is 2.33. The summed E-state index contributed by atoms with van der Waals surface area (Å²) in [6, 6.07) is 10.0. The summed E-state index contributed by atoms with van der Waals surface area (Å²) in [5, 5.41) is 12.7. The summed E-state index contributed by atoms with van der Waals surface area (Å²) in [4.78, 5) is 25.9. The first-order valence-electron chi connectivity index (χ1n) is 8.44. The van der Waals surface area contributed by atoms with Crippen molar-refractivity contribution in [2.45, 2.75) is 6.92 Å². The van der Waals surface area contributed by atoms with Gasteiger partial charge in [0.2, 0.25) is 11.7 Å². The zero-order chi connectivity index (χ0) is 21.1. The fourth-order valence-corrected chi connectivity index (χ4v) is 4.03. The van der Waals surface area contributed by atoms with Crippen molar-refractivity contribution in [3.8, 4) is 17.2 Å². The maximum atomic E-state index is 12.9. The highest BCUT2D eigenvalue weighted by Crippen LogP contribution is 2.40. The summed E-state index contributed by atoms with van der Waals surface area (Å²) in [6.07, 6.45) is 1.66. The van der Waals surface area contributed by atoms with E-state index >= 15 is 0 Å². The van der Waals surface area contributed by atoms with Crippen LogP contribution in [0.2, 0.25) is 0 Å². The molecule has 2 aromatic carbocycles. The van der Waals surface area contributed by atoms with E-state index in [1.54, 1.807) is 42.5 Å². The number of thioether (sulfide) groups is 1. The molecule has 0 atom stereocenters. The predicted octanol–water partition coefficient (Wildman–Crippen LogP) is 3.77. The van der Waals surface area contributed by atoms with Gasteiger partial charge >= 0.3 is 0 Å². The Balaban J connectivity index is 1.90. The summed E-state index contributed by atoms with van der Waals surface area (Å²) in [5.74, 6) is -0.0810. The van der Waals surface area contributed by atoms with E-state index in [-0.39, 0.29) is 29.1 Å². The minimum Gasteiger partial charge on any atom is -0.502 e. The number of amides is 2. The number of rotatable bonds is 5. The molecule has 1 aliphatic rings. The maximum absolute atomic E-state index is 12.9. The van der Waals surface area contributed by atoms with E-state index in [4.69, 9.17) is 21.7 Å². The van der Waals surface area contributed by atoms with E-state index in [2.05, 4.69) is 5.32 Å². The highest BCUT2D eigenvalue weighted by atomic mass is 32.2. The van der Waals surface area contributed by atoms with Crippen LogP contribution in [-0.4, -0.2) is 35.5 Å². The summed E-state index contributed by atoms with van der Waals surface area (Å²) in [7, 11) is 2.87. The molecule has 29 heavy (non-hydrogen) atoms. The van der Waals surface area contributed by atoms with Gasteiger partial charge in [-0.05, 0) is 48.0 Å². The SMILES string of the molecule is COc1cc(/C=C2\SC(=S)N(c3ccc(NC(C)=O)cc3)C2=O)cc(OC)c1O. The smallest absolute Gasteiger partial charge is 0.270 e. The van der Waals surface area contributed by atoms with E-state index in [0.717, 1.165) is 0 Å². The summed E-state index contributed by atoms with van der Waals surface area (Å²) in [5.41, 5.74) is 1.86. The Morgan fingerprint density at radius 1 is 1.17 bits per heavy atom. The van der Waals surface area contributed by atoms with E-state index in [1.807, 2.05) is 0 Å². The number of aromatic hydroxyl groups is 1. The fourth-order valence-electron chi connectivity index (χ4n) is 2.74. The Morgan fingerprint density at radius 3 is 2.28 bits per heavy atom. The zero-order valence-electron chi connectivity index (χ0n) is 15.9. The van der Waals surface area contributed by atoms with Crippen LogP contribution in [0.5, 0.6) is 17.2 Å². The molecule has 0 spiro atoms. The Kier molecular flexibility index (Phi) is 6.09. The van der Waals surface area contributed by atoms with Crippen LogP contribution in [0.3, 0.4) is 0 Å². The fraction of sp³-hybridized carbons (Fsp3) is 0.150. The predicted molar refractivity (Wildman–Crippen MR) is 118 cm³/mol. The van der Waals surface area contributed by atoms with E-state index in [1.165, 1.54) is 37.8 Å². The van der Waals surface area contributed by atoms with Crippen LogP contribution < -0.4 is 19.7 Å². The number of thiocarbonyl (C=S) groups is 1. The number of benzene rings is 2. The van der Waals surface area contributed by atoms with Crippen molar-refractivity contribution < 1.29 is 24.2 Å². The zero-order valence-corrected chi connectivity index (χ0v) is 17.5. The first-order chi connectivity index (χ1) is 13.8. The van der Waals surface area contributed by atoms with Crippen molar-refractivity contribution in [2.75, 3.05) is 24.4 Å². The third-order valence-corrected chi connectivity index (χ3v) is 5.34. The Bertz CT molecular complexity index is 993. The molecule has 3 rings (SSSR count). The minimum atomic E-state index is -0.265. The molecule has 0 aliphatic carbocycles. The van der Waals surface area contributed by atoms with Crippen LogP contribution in [0.4, 0.5) is 11.4 Å². The Labute approximate surface area is 177 Å². The molecule has 1 fully saturated rings. The van der Waals surface area contributed by atoms with Crippen LogP contribution in [0.15, 0.2) is 41.3 Å². The van der Waals surface area contributed by atoms with Gasteiger partial charge in [0.15, 0.2) is 15.8 Å². The van der Waals surface area contributed by atoms with Crippen molar-refractivity contribution >= 4 is 57.6 Å². The molecule has 0 radical (unpaired) electrons. The lowest BCUT2D eigenvalue weighted by Crippen LogP contribution is -2.27. The molecule has 7 nitrogen and oxygen atoms in total. The maximum Gasteiger partial charge on any atom is 0.270 e. The van der Waals surface area contributed by atoms with Gasteiger partial charge < -0.3 is 19.9 Å². The average Bonchev–Trinajstić information content (AvgIpc) is 2.96. The molecular formula is C20H18N2O5S2. The Hall–Kier alpha value is -3.04. The molecule has 1 heterocycles. The average molecular weight is 431 g/mol. The second-order valence-corrected chi connectivity index (χ2v) is 7.69. The summed E-state index contributed by atoms with van der Waals surface area (Å²) < 4.78 is 10.7. The third kappa shape index (κ3) is 4.36. The first kappa shape index (κ1) is 20.7. The molecule has 1 saturated heterocycles. The molecule has 0 unspecified atom stereocenters. The number of anilines is 2. The van der Waals surface area contributed by atoms with Gasteiger partial charge in [0, 0.05) is 12.6 Å². The van der Waals surface area contributed by atoms with Gasteiger partial charge in [-0.25, -0.2) is 0 Å². The number of hydrogen-bond donors (Lipinski definition) is 2. The normalized spacial score (nSPS) is 15.0. The number of carbonyl (C=O) groups excluding carboxylic acids is 2. The largest absolute Gasteiger partial charge is 0.502 e. The molecule has 0 aromatic heterocycles. The van der Waals surface area contributed by atoms with Crippen LogP contribution >= 0.6 is 24.0 Å². The quantitative estimate of drug-likeness (QED) is 0.551. The molecule has 2 amide bonds. The molecule has 2 N–H and O–H groups in total. The van der Waals surface area contributed by atoms with Gasteiger partial charge in [0.05, 0.1) is 24.8 Å². The summed E-state index contributed by atoms with van der Waals surface area (Å²) in [6.45, 7) is 1.42. The number of phenolic OH excluding ortho intramolecular Hbond substituents is 1. The van der Waals surface area contributed by atoms with Gasteiger partial charge in [-0.3, -0.25) is 14.5 Å². The lowest BCUT2D eigenvalue weighted by Gasteiger charge is -2.15. The molecule has 150 valence electrons. The number of nitrogens with one attached hydrogen (secondary N) is 1. The molecule has 0 saturated carbocycles. The molecule has 2 aromatic rings. The van der Waals surface area contributed by atoms with E-state index < -0.39 is 0 Å². The van der Waals surface area contributed by atoms with Crippen molar-refractivity contribution in [3.63, 3.8) is 0 Å².